The minimum absolute atomic E-state index is 0.00659. The smallest absolute Gasteiger partial charge is 0.262 e. The average molecular weight is 457 g/mol. The van der Waals surface area contributed by atoms with Crippen LogP contribution in [0, 0.1) is 18.3 Å². The van der Waals surface area contributed by atoms with Crippen molar-refractivity contribution in [3.05, 3.63) is 71.4 Å². The number of rotatable bonds is 8. The molecule has 1 amide bonds. The van der Waals surface area contributed by atoms with E-state index < -0.39 is 5.91 Å². The number of aromatic nitrogens is 2. The Morgan fingerprint density at radius 1 is 1.32 bits per heavy atom. The van der Waals surface area contributed by atoms with Gasteiger partial charge in [0.05, 0.1) is 18.4 Å². The molecule has 2 heterocycles. The van der Waals surface area contributed by atoms with Crippen molar-refractivity contribution >= 4 is 12.0 Å². The van der Waals surface area contributed by atoms with Gasteiger partial charge in [0.25, 0.3) is 5.91 Å². The van der Waals surface area contributed by atoms with Crippen molar-refractivity contribution in [3.63, 3.8) is 0 Å². The third kappa shape index (κ3) is 5.36. The second kappa shape index (κ2) is 10.8. The lowest BCUT2D eigenvalue weighted by atomic mass is 10.0. The molecule has 1 aliphatic rings. The van der Waals surface area contributed by atoms with Gasteiger partial charge in [-0.15, -0.1) is 0 Å². The SMILES string of the molecule is CCOc1ccc(-c2nn(-c3ccccc3)cc2/C=C(/C#N)C(=O)NC[C@H]2CCCO2)cc1C. The monoisotopic (exact) mass is 456 g/mol. The molecule has 0 saturated carbocycles. The lowest BCUT2D eigenvalue weighted by molar-refractivity contribution is -0.117. The predicted molar refractivity (Wildman–Crippen MR) is 130 cm³/mol. The van der Waals surface area contributed by atoms with Gasteiger partial charge in [-0.2, -0.15) is 10.4 Å². The minimum Gasteiger partial charge on any atom is -0.494 e. The maximum absolute atomic E-state index is 12.7. The van der Waals surface area contributed by atoms with Crippen molar-refractivity contribution in [1.82, 2.24) is 15.1 Å². The van der Waals surface area contributed by atoms with E-state index in [0.29, 0.717) is 31.0 Å². The first-order valence-corrected chi connectivity index (χ1v) is 11.5. The van der Waals surface area contributed by atoms with Gasteiger partial charge in [0.15, 0.2) is 0 Å². The first kappa shape index (κ1) is 23.3. The highest BCUT2D eigenvalue weighted by molar-refractivity contribution is 6.02. The molecular formula is C27H28N4O3. The summed E-state index contributed by atoms with van der Waals surface area (Å²) in [7, 11) is 0. The molecule has 34 heavy (non-hydrogen) atoms. The van der Waals surface area contributed by atoms with Crippen molar-refractivity contribution in [3.8, 4) is 28.8 Å². The molecule has 1 aromatic heterocycles. The summed E-state index contributed by atoms with van der Waals surface area (Å²) < 4.78 is 13.0. The molecule has 0 radical (unpaired) electrons. The zero-order valence-electron chi connectivity index (χ0n) is 19.5. The molecule has 1 atom stereocenters. The molecule has 1 fully saturated rings. The second-order valence-electron chi connectivity index (χ2n) is 8.14. The third-order valence-electron chi connectivity index (χ3n) is 5.69. The highest BCUT2D eigenvalue weighted by Gasteiger charge is 2.19. The molecule has 2 aromatic carbocycles. The van der Waals surface area contributed by atoms with E-state index in [1.54, 1.807) is 10.8 Å². The predicted octanol–water partition coefficient (Wildman–Crippen LogP) is 4.45. The van der Waals surface area contributed by atoms with E-state index in [-0.39, 0.29) is 11.7 Å². The van der Waals surface area contributed by atoms with Crippen LogP contribution in [-0.4, -0.2) is 41.6 Å². The summed E-state index contributed by atoms with van der Waals surface area (Å²) in [4.78, 5) is 12.7. The third-order valence-corrected chi connectivity index (χ3v) is 5.69. The van der Waals surface area contributed by atoms with E-state index in [4.69, 9.17) is 14.6 Å². The number of hydrogen-bond donors (Lipinski definition) is 1. The van der Waals surface area contributed by atoms with Crippen LogP contribution in [-0.2, 0) is 9.53 Å². The van der Waals surface area contributed by atoms with Gasteiger partial charge in [-0.3, -0.25) is 4.79 Å². The van der Waals surface area contributed by atoms with Crippen molar-refractivity contribution in [2.75, 3.05) is 19.8 Å². The van der Waals surface area contributed by atoms with Gasteiger partial charge in [0.2, 0.25) is 0 Å². The van der Waals surface area contributed by atoms with Crippen LogP contribution in [0.25, 0.3) is 23.0 Å². The quantitative estimate of drug-likeness (QED) is 0.400. The van der Waals surface area contributed by atoms with Crippen LogP contribution < -0.4 is 10.1 Å². The van der Waals surface area contributed by atoms with Gasteiger partial charge in [-0.25, -0.2) is 4.68 Å². The zero-order chi connectivity index (χ0) is 23.9. The summed E-state index contributed by atoms with van der Waals surface area (Å²) in [5, 5.41) is 17.3. The largest absolute Gasteiger partial charge is 0.494 e. The molecule has 0 aliphatic carbocycles. The maximum atomic E-state index is 12.7. The fourth-order valence-corrected chi connectivity index (χ4v) is 3.96. The molecule has 1 saturated heterocycles. The lowest BCUT2D eigenvalue weighted by Gasteiger charge is -2.10. The Labute approximate surface area is 199 Å². The first-order chi connectivity index (χ1) is 16.6. The summed E-state index contributed by atoms with van der Waals surface area (Å²) in [5.41, 5.74) is 4.12. The van der Waals surface area contributed by atoms with E-state index in [2.05, 4.69) is 5.32 Å². The molecule has 0 bridgehead atoms. The van der Waals surface area contributed by atoms with E-state index in [0.717, 1.165) is 35.4 Å². The van der Waals surface area contributed by atoms with Crippen molar-refractivity contribution in [2.45, 2.75) is 32.8 Å². The van der Waals surface area contributed by atoms with Crippen molar-refractivity contribution < 1.29 is 14.3 Å². The van der Waals surface area contributed by atoms with Gasteiger partial charge in [-0.1, -0.05) is 18.2 Å². The molecule has 7 heteroatoms. The Bertz CT molecular complexity index is 1220. The summed E-state index contributed by atoms with van der Waals surface area (Å²) >= 11 is 0. The highest BCUT2D eigenvalue weighted by Crippen LogP contribution is 2.30. The number of benzene rings is 2. The molecule has 1 N–H and O–H groups in total. The number of nitriles is 1. The summed E-state index contributed by atoms with van der Waals surface area (Å²) in [6, 6.07) is 17.6. The van der Waals surface area contributed by atoms with Crippen LogP contribution >= 0.6 is 0 Å². The number of nitrogens with zero attached hydrogens (tertiary/aromatic N) is 3. The van der Waals surface area contributed by atoms with Gasteiger partial charge in [0.1, 0.15) is 23.1 Å². The number of carbonyl (C=O) groups excluding carboxylic acids is 1. The number of carbonyl (C=O) groups is 1. The molecule has 7 nitrogen and oxygen atoms in total. The average Bonchev–Trinajstić information content (AvgIpc) is 3.53. The normalized spacial score (nSPS) is 15.7. The molecule has 1 aliphatic heterocycles. The number of ether oxygens (including phenoxy) is 2. The number of aryl methyl sites for hydroxylation is 1. The molecule has 174 valence electrons. The zero-order valence-corrected chi connectivity index (χ0v) is 19.5. The van der Waals surface area contributed by atoms with Crippen LogP contribution in [0.5, 0.6) is 5.75 Å². The summed E-state index contributed by atoms with van der Waals surface area (Å²) in [6.45, 7) is 5.63. The van der Waals surface area contributed by atoms with E-state index >= 15 is 0 Å². The Morgan fingerprint density at radius 3 is 2.82 bits per heavy atom. The summed E-state index contributed by atoms with van der Waals surface area (Å²) in [5.74, 6) is 0.399. The van der Waals surface area contributed by atoms with Crippen molar-refractivity contribution in [2.24, 2.45) is 0 Å². The number of para-hydroxylation sites is 1. The van der Waals surface area contributed by atoms with E-state index in [1.165, 1.54) is 0 Å². The maximum Gasteiger partial charge on any atom is 0.262 e. The Kier molecular flexibility index (Phi) is 7.41. The molecule has 0 spiro atoms. The number of amides is 1. The standard InChI is InChI=1S/C27H28N4O3/c1-3-33-25-12-11-20(14-19(25)2)26-22(18-31(30-26)23-8-5-4-6-9-23)15-21(16-28)27(32)29-17-24-10-7-13-34-24/h4-6,8-9,11-12,14-15,18,24H,3,7,10,13,17H2,1-2H3,(H,29,32)/b21-15-/t24-/m1/s1. The number of nitrogens with one attached hydrogen (secondary N) is 1. The fraction of sp³-hybridized carbons (Fsp3) is 0.296. The van der Waals surface area contributed by atoms with E-state index in [9.17, 15) is 10.1 Å². The molecular weight excluding hydrogens is 428 g/mol. The van der Waals surface area contributed by atoms with Gasteiger partial charge in [0, 0.05) is 30.5 Å². The second-order valence-corrected chi connectivity index (χ2v) is 8.14. The van der Waals surface area contributed by atoms with Crippen molar-refractivity contribution in [1.29, 1.82) is 5.26 Å². The topological polar surface area (TPSA) is 89.2 Å². The minimum atomic E-state index is -0.417. The molecule has 4 rings (SSSR count). The molecule has 0 unspecified atom stereocenters. The summed E-state index contributed by atoms with van der Waals surface area (Å²) in [6.07, 6.45) is 5.34. The van der Waals surface area contributed by atoms with Crippen LogP contribution in [0.4, 0.5) is 0 Å². The van der Waals surface area contributed by atoms with Crippen LogP contribution in [0.1, 0.15) is 30.9 Å². The fourth-order valence-electron chi connectivity index (χ4n) is 3.96. The number of hydrogen-bond acceptors (Lipinski definition) is 5. The van der Waals surface area contributed by atoms with Crippen LogP contribution in [0.2, 0.25) is 0 Å². The van der Waals surface area contributed by atoms with E-state index in [1.807, 2.05) is 74.6 Å². The first-order valence-electron chi connectivity index (χ1n) is 11.5. The van der Waals surface area contributed by atoms with Gasteiger partial charge in [-0.05, 0) is 68.7 Å². The van der Waals surface area contributed by atoms with Gasteiger partial charge < -0.3 is 14.8 Å². The lowest BCUT2D eigenvalue weighted by Crippen LogP contribution is -2.32. The Balaban J connectivity index is 1.69. The Hall–Kier alpha value is -3.89. The highest BCUT2D eigenvalue weighted by atomic mass is 16.5. The Morgan fingerprint density at radius 2 is 2.15 bits per heavy atom. The van der Waals surface area contributed by atoms with Gasteiger partial charge >= 0.3 is 0 Å². The van der Waals surface area contributed by atoms with Crippen LogP contribution in [0.15, 0.2) is 60.3 Å². The molecule has 3 aromatic rings. The van der Waals surface area contributed by atoms with Crippen LogP contribution in [0.3, 0.4) is 0 Å².